The van der Waals surface area contributed by atoms with E-state index in [0.29, 0.717) is 17.3 Å². The van der Waals surface area contributed by atoms with Crippen LogP contribution < -0.4 is 5.32 Å². The zero-order chi connectivity index (χ0) is 18.8. The normalized spacial score (nSPS) is 25.3. The smallest absolute Gasteiger partial charge is 0.345 e. The van der Waals surface area contributed by atoms with Crippen molar-refractivity contribution >= 4 is 34.6 Å². The molecule has 5 rings (SSSR count). The van der Waals surface area contributed by atoms with Crippen LogP contribution in [0.1, 0.15) is 38.3 Å². The fourth-order valence-electron chi connectivity index (χ4n) is 3.81. The maximum absolute atomic E-state index is 12.9. The highest BCUT2D eigenvalue weighted by atomic mass is 32.1. The van der Waals surface area contributed by atoms with Crippen LogP contribution in [-0.4, -0.2) is 47.7 Å². The van der Waals surface area contributed by atoms with Crippen molar-refractivity contribution in [2.24, 2.45) is 5.92 Å². The number of ether oxygens (including phenoxy) is 1. The molecule has 0 saturated carbocycles. The molecule has 2 N–H and O–H groups in total. The van der Waals surface area contributed by atoms with Crippen LogP contribution in [0, 0.1) is 5.92 Å². The number of thiophene rings is 2. The van der Waals surface area contributed by atoms with Gasteiger partial charge in [0.1, 0.15) is 17.0 Å². The quantitative estimate of drug-likeness (QED) is 0.689. The average Bonchev–Trinajstić information content (AvgIpc) is 3.35. The number of hydrogen-bond donors (Lipinski definition) is 2. The number of rotatable bonds is 7. The molecule has 3 saturated heterocycles. The molecule has 0 spiro atoms. The van der Waals surface area contributed by atoms with Gasteiger partial charge in [-0.25, -0.2) is 9.59 Å². The van der Waals surface area contributed by atoms with Crippen molar-refractivity contribution in [2.75, 3.05) is 19.6 Å². The van der Waals surface area contributed by atoms with E-state index in [9.17, 15) is 9.59 Å². The van der Waals surface area contributed by atoms with E-state index in [0.717, 1.165) is 42.2 Å². The van der Waals surface area contributed by atoms with E-state index < -0.39 is 12.0 Å². The zero-order valence-electron chi connectivity index (χ0n) is 14.8. The van der Waals surface area contributed by atoms with Crippen molar-refractivity contribution < 1.29 is 19.4 Å². The Morgan fingerprint density at radius 1 is 1.30 bits per heavy atom. The van der Waals surface area contributed by atoms with E-state index in [2.05, 4.69) is 10.2 Å². The van der Waals surface area contributed by atoms with Crippen LogP contribution in [0.2, 0.25) is 0 Å². The molecule has 2 aromatic rings. The fourth-order valence-corrected chi connectivity index (χ4v) is 5.39. The molecule has 3 aliphatic rings. The van der Waals surface area contributed by atoms with E-state index in [1.807, 2.05) is 17.5 Å². The number of esters is 1. The maximum Gasteiger partial charge on any atom is 0.345 e. The molecule has 6 nitrogen and oxygen atoms in total. The maximum atomic E-state index is 12.9. The summed E-state index contributed by atoms with van der Waals surface area (Å²) in [6.45, 7) is 3.47. The number of fused-ring (bicyclic) bond motifs is 3. The van der Waals surface area contributed by atoms with Crippen LogP contribution in [0.4, 0.5) is 0 Å². The summed E-state index contributed by atoms with van der Waals surface area (Å²) in [4.78, 5) is 28.4. The molecule has 3 fully saturated rings. The van der Waals surface area contributed by atoms with Crippen LogP contribution in [0.15, 0.2) is 29.6 Å². The van der Waals surface area contributed by atoms with Gasteiger partial charge in [-0.1, -0.05) is 6.07 Å². The summed E-state index contributed by atoms with van der Waals surface area (Å²) >= 11 is 2.74. The highest BCUT2D eigenvalue weighted by Gasteiger charge is 2.38. The molecule has 27 heavy (non-hydrogen) atoms. The number of carbonyl (C=O) groups excluding carboxylic acids is 1. The molecule has 0 aliphatic carbocycles. The SMILES string of the molecule is O=C(O)c1ccc(CNC(C(=O)OC2CN3CCC2CC3)c2cccs2)s1. The number of piperidine rings is 3. The first-order valence-electron chi connectivity index (χ1n) is 9.12. The van der Waals surface area contributed by atoms with Gasteiger partial charge in [-0.15, -0.1) is 22.7 Å². The summed E-state index contributed by atoms with van der Waals surface area (Å²) in [5, 5.41) is 14.3. The average molecular weight is 407 g/mol. The summed E-state index contributed by atoms with van der Waals surface area (Å²) in [5.74, 6) is -0.701. The Morgan fingerprint density at radius 2 is 2.11 bits per heavy atom. The predicted octanol–water partition coefficient (Wildman–Crippen LogP) is 2.98. The highest BCUT2D eigenvalue weighted by Crippen LogP contribution is 2.31. The Morgan fingerprint density at radius 3 is 2.70 bits per heavy atom. The minimum absolute atomic E-state index is 0.0235. The molecule has 2 aromatic heterocycles. The zero-order valence-corrected chi connectivity index (χ0v) is 16.4. The molecule has 5 heterocycles. The molecule has 8 heteroatoms. The van der Waals surface area contributed by atoms with Crippen molar-refractivity contribution in [3.05, 3.63) is 44.3 Å². The van der Waals surface area contributed by atoms with Crippen LogP contribution in [-0.2, 0) is 16.1 Å². The summed E-state index contributed by atoms with van der Waals surface area (Å²) in [6.07, 6.45) is 2.18. The lowest BCUT2D eigenvalue weighted by Gasteiger charge is -2.44. The van der Waals surface area contributed by atoms with Crippen LogP contribution in [0.5, 0.6) is 0 Å². The van der Waals surface area contributed by atoms with Gasteiger partial charge in [-0.05, 0) is 55.4 Å². The van der Waals surface area contributed by atoms with Crippen LogP contribution >= 0.6 is 22.7 Å². The number of aromatic carboxylic acids is 1. The first kappa shape index (κ1) is 18.6. The topological polar surface area (TPSA) is 78.9 Å². The molecule has 2 unspecified atom stereocenters. The third-order valence-corrected chi connectivity index (χ3v) is 7.29. The van der Waals surface area contributed by atoms with Crippen LogP contribution in [0.3, 0.4) is 0 Å². The van der Waals surface area contributed by atoms with Gasteiger partial charge in [-0.2, -0.15) is 0 Å². The van der Waals surface area contributed by atoms with Crippen molar-refractivity contribution in [1.29, 1.82) is 0 Å². The second-order valence-corrected chi connectivity index (χ2v) is 9.16. The minimum Gasteiger partial charge on any atom is -0.477 e. The second-order valence-electron chi connectivity index (χ2n) is 7.01. The molecule has 0 aromatic carbocycles. The van der Waals surface area contributed by atoms with E-state index in [1.54, 1.807) is 12.1 Å². The van der Waals surface area contributed by atoms with Crippen molar-refractivity contribution in [2.45, 2.75) is 31.5 Å². The van der Waals surface area contributed by atoms with Gasteiger partial charge in [0.15, 0.2) is 0 Å². The first-order chi connectivity index (χ1) is 13.1. The Bertz CT molecular complexity index is 797. The Kier molecular flexibility index (Phi) is 5.58. The second kappa shape index (κ2) is 8.10. The van der Waals surface area contributed by atoms with Gasteiger partial charge < -0.3 is 9.84 Å². The third-order valence-electron chi connectivity index (χ3n) is 5.28. The largest absolute Gasteiger partial charge is 0.477 e. The lowest BCUT2D eigenvalue weighted by Crippen LogP contribution is -2.52. The summed E-state index contributed by atoms with van der Waals surface area (Å²) in [7, 11) is 0. The number of nitrogens with zero attached hydrogens (tertiary/aromatic N) is 1. The number of hydrogen-bond acceptors (Lipinski definition) is 7. The Balaban J connectivity index is 1.42. The number of nitrogens with one attached hydrogen (secondary N) is 1. The lowest BCUT2D eigenvalue weighted by molar-refractivity contribution is -0.161. The molecule has 2 bridgehead atoms. The molecule has 3 aliphatic heterocycles. The Labute approximate surface area is 165 Å². The monoisotopic (exact) mass is 406 g/mol. The lowest BCUT2D eigenvalue weighted by atomic mass is 9.86. The summed E-state index contributed by atoms with van der Waals surface area (Å²) in [5.41, 5.74) is 0. The molecular formula is C19H22N2O4S2. The molecule has 144 valence electrons. The van der Waals surface area contributed by atoms with Gasteiger partial charge in [0.2, 0.25) is 0 Å². The first-order valence-corrected chi connectivity index (χ1v) is 10.8. The Hall–Kier alpha value is -1.74. The van der Waals surface area contributed by atoms with E-state index in [1.165, 1.54) is 22.7 Å². The minimum atomic E-state index is -0.928. The number of carbonyl (C=O) groups is 2. The third kappa shape index (κ3) is 4.24. The van der Waals surface area contributed by atoms with Gasteiger partial charge in [0.05, 0.1) is 0 Å². The van der Waals surface area contributed by atoms with Gasteiger partial charge in [0, 0.05) is 22.8 Å². The van der Waals surface area contributed by atoms with E-state index in [4.69, 9.17) is 9.84 Å². The molecule has 0 amide bonds. The van der Waals surface area contributed by atoms with Crippen molar-refractivity contribution in [3.63, 3.8) is 0 Å². The highest BCUT2D eigenvalue weighted by molar-refractivity contribution is 7.13. The van der Waals surface area contributed by atoms with Gasteiger partial charge in [0.25, 0.3) is 0 Å². The van der Waals surface area contributed by atoms with Crippen molar-refractivity contribution in [1.82, 2.24) is 10.2 Å². The molecule has 0 radical (unpaired) electrons. The van der Waals surface area contributed by atoms with Crippen LogP contribution in [0.25, 0.3) is 0 Å². The van der Waals surface area contributed by atoms with Crippen molar-refractivity contribution in [3.8, 4) is 0 Å². The van der Waals surface area contributed by atoms with E-state index >= 15 is 0 Å². The number of carboxylic acid groups (broad SMARTS) is 1. The van der Waals surface area contributed by atoms with E-state index in [-0.39, 0.29) is 12.1 Å². The molecule has 2 atom stereocenters. The molecular weight excluding hydrogens is 384 g/mol. The van der Waals surface area contributed by atoms with Gasteiger partial charge in [-0.3, -0.25) is 10.2 Å². The fraction of sp³-hybridized carbons (Fsp3) is 0.474. The van der Waals surface area contributed by atoms with Gasteiger partial charge >= 0.3 is 11.9 Å². The summed E-state index contributed by atoms with van der Waals surface area (Å²) < 4.78 is 5.92. The predicted molar refractivity (Wildman–Crippen MR) is 104 cm³/mol. The number of carboxylic acids is 1. The summed E-state index contributed by atoms with van der Waals surface area (Å²) in [6, 6.07) is 6.69. The standard InChI is InChI=1S/C19H22N2O4S2/c22-18(23)16-4-3-13(27-16)10-20-17(15-2-1-9-26-15)19(24)25-14-11-21-7-5-12(14)6-8-21/h1-4,9,12,14,17,20H,5-8,10-11H2,(H,22,23).